The van der Waals surface area contributed by atoms with Crippen LogP contribution >= 0.6 is 0 Å². The van der Waals surface area contributed by atoms with Gasteiger partial charge in [-0.1, -0.05) is 6.07 Å². The molecule has 1 fully saturated rings. The molecule has 0 saturated carbocycles. The van der Waals surface area contributed by atoms with Gasteiger partial charge in [0.1, 0.15) is 12.4 Å². The second-order valence-electron chi connectivity index (χ2n) is 4.56. The molecule has 0 spiro atoms. The quantitative estimate of drug-likeness (QED) is 0.874. The van der Waals surface area contributed by atoms with Crippen LogP contribution in [0.3, 0.4) is 0 Å². The van der Waals surface area contributed by atoms with Crippen LogP contribution in [-0.4, -0.2) is 29.0 Å². The van der Waals surface area contributed by atoms with Crippen LogP contribution in [0.1, 0.15) is 12.8 Å². The Morgan fingerprint density at radius 3 is 3.29 bits per heavy atom. The molecule has 90 valence electrons. The van der Waals surface area contributed by atoms with E-state index in [4.69, 9.17) is 4.74 Å². The summed E-state index contributed by atoms with van der Waals surface area (Å²) in [6.45, 7) is 1.86. The predicted molar refractivity (Wildman–Crippen MR) is 67.2 cm³/mol. The fourth-order valence-electron chi connectivity index (χ4n) is 2.37. The van der Waals surface area contributed by atoms with E-state index in [0.717, 1.165) is 29.8 Å². The van der Waals surface area contributed by atoms with Crippen LogP contribution < -0.4 is 10.1 Å². The molecular formula is C13H17N3O. The number of fused-ring (bicyclic) bond motifs is 1. The Bertz CT molecular complexity index is 514. The maximum absolute atomic E-state index is 5.90. The lowest BCUT2D eigenvalue weighted by molar-refractivity contribution is 0.280. The van der Waals surface area contributed by atoms with E-state index in [1.807, 2.05) is 30.1 Å². The summed E-state index contributed by atoms with van der Waals surface area (Å²) in [5.41, 5.74) is 1.11. The Hall–Kier alpha value is -1.55. The molecule has 4 nitrogen and oxygen atoms in total. The first-order valence-electron chi connectivity index (χ1n) is 6.11. The molecule has 0 radical (unpaired) electrons. The molecule has 1 aliphatic rings. The zero-order chi connectivity index (χ0) is 11.7. The van der Waals surface area contributed by atoms with Crippen molar-refractivity contribution in [3.05, 3.63) is 24.4 Å². The van der Waals surface area contributed by atoms with E-state index in [0.29, 0.717) is 6.04 Å². The van der Waals surface area contributed by atoms with E-state index >= 15 is 0 Å². The van der Waals surface area contributed by atoms with E-state index in [-0.39, 0.29) is 0 Å². The lowest BCUT2D eigenvalue weighted by Crippen LogP contribution is -2.28. The largest absolute Gasteiger partial charge is 0.491 e. The van der Waals surface area contributed by atoms with Crippen LogP contribution in [0.15, 0.2) is 24.4 Å². The van der Waals surface area contributed by atoms with Gasteiger partial charge >= 0.3 is 0 Å². The Morgan fingerprint density at radius 2 is 2.47 bits per heavy atom. The maximum atomic E-state index is 5.90. The highest BCUT2D eigenvalue weighted by Gasteiger charge is 2.15. The number of rotatable bonds is 3. The van der Waals surface area contributed by atoms with E-state index < -0.39 is 0 Å². The lowest BCUT2D eigenvalue weighted by atomic mass is 10.2. The van der Waals surface area contributed by atoms with Crippen molar-refractivity contribution < 1.29 is 4.74 Å². The van der Waals surface area contributed by atoms with Crippen molar-refractivity contribution in [2.45, 2.75) is 18.9 Å². The van der Waals surface area contributed by atoms with E-state index in [2.05, 4.69) is 16.5 Å². The number of nitrogens with one attached hydrogen (secondary N) is 1. The number of aromatic nitrogens is 2. The van der Waals surface area contributed by atoms with Crippen LogP contribution in [0.5, 0.6) is 5.75 Å². The minimum absolute atomic E-state index is 0.502. The van der Waals surface area contributed by atoms with Gasteiger partial charge in [0.15, 0.2) is 0 Å². The van der Waals surface area contributed by atoms with Gasteiger partial charge < -0.3 is 10.1 Å². The molecule has 1 aliphatic heterocycles. The molecule has 4 heteroatoms. The summed E-state index contributed by atoms with van der Waals surface area (Å²) in [5, 5.41) is 8.78. The minimum atomic E-state index is 0.502. The first kappa shape index (κ1) is 10.6. The summed E-state index contributed by atoms with van der Waals surface area (Å²) >= 11 is 0. The van der Waals surface area contributed by atoms with Gasteiger partial charge in [-0.15, -0.1) is 0 Å². The summed E-state index contributed by atoms with van der Waals surface area (Å²) in [5.74, 6) is 0.935. The second kappa shape index (κ2) is 4.37. The number of nitrogens with zero attached hydrogens (tertiary/aromatic N) is 2. The van der Waals surface area contributed by atoms with Gasteiger partial charge in [0.2, 0.25) is 0 Å². The average molecular weight is 231 g/mol. The van der Waals surface area contributed by atoms with Crippen LogP contribution in [-0.2, 0) is 7.05 Å². The maximum Gasteiger partial charge on any atom is 0.130 e. The van der Waals surface area contributed by atoms with Gasteiger partial charge in [0, 0.05) is 13.1 Å². The van der Waals surface area contributed by atoms with Gasteiger partial charge in [-0.3, -0.25) is 4.68 Å². The smallest absolute Gasteiger partial charge is 0.130 e. The van der Waals surface area contributed by atoms with Crippen molar-refractivity contribution in [3.8, 4) is 5.75 Å². The minimum Gasteiger partial charge on any atom is -0.491 e. The zero-order valence-electron chi connectivity index (χ0n) is 10.0. The molecular weight excluding hydrogens is 214 g/mol. The molecule has 1 atom stereocenters. The highest BCUT2D eigenvalue weighted by molar-refractivity contribution is 5.85. The van der Waals surface area contributed by atoms with Crippen molar-refractivity contribution in [2.75, 3.05) is 13.2 Å². The Labute approximate surface area is 101 Å². The van der Waals surface area contributed by atoms with Crippen molar-refractivity contribution in [3.63, 3.8) is 0 Å². The van der Waals surface area contributed by atoms with Crippen LogP contribution in [0, 0.1) is 0 Å². The summed E-state index contributed by atoms with van der Waals surface area (Å²) in [6.07, 6.45) is 4.33. The number of benzene rings is 1. The third-order valence-corrected chi connectivity index (χ3v) is 3.35. The number of hydrogen-bond donors (Lipinski definition) is 1. The fraction of sp³-hybridized carbons (Fsp3) is 0.462. The molecule has 1 N–H and O–H groups in total. The first-order chi connectivity index (χ1) is 8.34. The molecule has 2 aromatic rings. The van der Waals surface area contributed by atoms with Gasteiger partial charge in [-0.2, -0.15) is 5.10 Å². The lowest BCUT2D eigenvalue weighted by Gasteiger charge is -2.12. The van der Waals surface area contributed by atoms with Crippen LogP contribution in [0.4, 0.5) is 0 Å². The monoisotopic (exact) mass is 231 g/mol. The fourth-order valence-corrected chi connectivity index (χ4v) is 2.37. The number of hydrogen-bond acceptors (Lipinski definition) is 3. The van der Waals surface area contributed by atoms with E-state index in [9.17, 15) is 0 Å². The molecule has 1 aromatic carbocycles. The number of aryl methyl sites for hydroxylation is 1. The van der Waals surface area contributed by atoms with Crippen molar-refractivity contribution >= 4 is 10.9 Å². The Kier molecular flexibility index (Phi) is 2.73. The standard InChI is InChI=1S/C13H17N3O/c1-16-12-5-2-6-13(11(12)8-15-16)17-9-10-4-3-7-14-10/h2,5-6,8,10,14H,3-4,7,9H2,1H3/t10-/m0/s1. The van der Waals surface area contributed by atoms with Gasteiger partial charge in [0.05, 0.1) is 17.1 Å². The SMILES string of the molecule is Cn1ncc2c(OC[C@@H]3CCCN3)cccc21. The first-order valence-corrected chi connectivity index (χ1v) is 6.11. The highest BCUT2D eigenvalue weighted by Crippen LogP contribution is 2.25. The highest BCUT2D eigenvalue weighted by atomic mass is 16.5. The molecule has 1 aromatic heterocycles. The van der Waals surface area contributed by atoms with Crippen LogP contribution in [0.2, 0.25) is 0 Å². The molecule has 0 unspecified atom stereocenters. The topological polar surface area (TPSA) is 39.1 Å². The average Bonchev–Trinajstić information content (AvgIpc) is 2.97. The normalized spacial score (nSPS) is 19.9. The van der Waals surface area contributed by atoms with E-state index in [1.165, 1.54) is 12.8 Å². The van der Waals surface area contributed by atoms with Gasteiger partial charge in [0.25, 0.3) is 0 Å². The molecule has 0 amide bonds. The van der Waals surface area contributed by atoms with Crippen molar-refractivity contribution in [2.24, 2.45) is 7.05 Å². The molecule has 1 saturated heterocycles. The van der Waals surface area contributed by atoms with Gasteiger partial charge in [-0.05, 0) is 31.5 Å². The zero-order valence-corrected chi connectivity index (χ0v) is 10.0. The van der Waals surface area contributed by atoms with E-state index in [1.54, 1.807) is 0 Å². The third kappa shape index (κ3) is 2.00. The molecule has 2 heterocycles. The Balaban J connectivity index is 1.79. The summed E-state index contributed by atoms with van der Waals surface area (Å²) < 4.78 is 7.77. The third-order valence-electron chi connectivity index (χ3n) is 3.35. The summed E-state index contributed by atoms with van der Waals surface area (Å²) in [4.78, 5) is 0. The molecule has 0 bridgehead atoms. The second-order valence-corrected chi connectivity index (χ2v) is 4.56. The van der Waals surface area contributed by atoms with Crippen molar-refractivity contribution in [1.29, 1.82) is 0 Å². The Morgan fingerprint density at radius 1 is 1.53 bits per heavy atom. The summed E-state index contributed by atoms with van der Waals surface area (Å²) in [7, 11) is 1.95. The molecule has 3 rings (SSSR count). The van der Waals surface area contributed by atoms with Crippen molar-refractivity contribution in [1.82, 2.24) is 15.1 Å². The predicted octanol–water partition coefficient (Wildman–Crippen LogP) is 1.70. The van der Waals surface area contributed by atoms with Gasteiger partial charge in [-0.25, -0.2) is 0 Å². The summed E-state index contributed by atoms with van der Waals surface area (Å²) in [6, 6.07) is 6.59. The van der Waals surface area contributed by atoms with Crippen LogP contribution in [0.25, 0.3) is 10.9 Å². The molecule has 17 heavy (non-hydrogen) atoms. The molecule has 0 aliphatic carbocycles. The number of ether oxygens (including phenoxy) is 1.